The lowest BCUT2D eigenvalue weighted by Crippen LogP contribution is -2.12. The molecule has 1 rings (SSSR count). The van der Waals surface area contributed by atoms with Gasteiger partial charge in [0.15, 0.2) is 5.82 Å². The fourth-order valence-electron chi connectivity index (χ4n) is 1.16. The molecule has 1 aromatic rings. The number of aromatic nitrogens is 2. The van der Waals surface area contributed by atoms with Gasteiger partial charge in [-0.3, -0.25) is 0 Å². The summed E-state index contributed by atoms with van der Waals surface area (Å²) >= 11 is 0. The molecule has 0 unspecified atom stereocenters. The first-order valence-corrected chi connectivity index (χ1v) is 5.34. The first-order chi connectivity index (χ1) is 7.79. The smallest absolute Gasteiger partial charge is 0.242 e. The van der Waals surface area contributed by atoms with Crippen LogP contribution in [0.5, 0.6) is 5.88 Å². The summed E-state index contributed by atoms with van der Waals surface area (Å²) in [7, 11) is 0. The lowest BCUT2D eigenvalue weighted by molar-refractivity contribution is 0.158. The monoisotopic (exact) mass is 226 g/mol. The minimum Gasteiger partial charge on any atom is -0.476 e. The molecule has 0 atom stereocenters. The Bertz CT molecular complexity index is 320. The Balaban J connectivity index is 2.55. The third kappa shape index (κ3) is 3.54. The Morgan fingerprint density at radius 2 is 2.12 bits per heavy atom. The SMILES string of the molecule is CCOCCNc1ncnc(OCC)c1N. The zero-order chi connectivity index (χ0) is 11.8. The van der Waals surface area contributed by atoms with Crippen molar-refractivity contribution in [2.24, 2.45) is 0 Å². The number of nitrogen functional groups attached to an aromatic ring is 1. The van der Waals surface area contributed by atoms with Crippen LogP contribution in [0.1, 0.15) is 13.8 Å². The summed E-state index contributed by atoms with van der Waals surface area (Å²) in [5.41, 5.74) is 6.26. The van der Waals surface area contributed by atoms with Gasteiger partial charge in [0.2, 0.25) is 5.88 Å². The van der Waals surface area contributed by atoms with Gasteiger partial charge in [0.05, 0.1) is 13.2 Å². The van der Waals surface area contributed by atoms with E-state index in [-0.39, 0.29) is 0 Å². The van der Waals surface area contributed by atoms with Gasteiger partial charge in [-0.05, 0) is 13.8 Å². The van der Waals surface area contributed by atoms with Gasteiger partial charge in [-0.1, -0.05) is 0 Å². The first kappa shape index (κ1) is 12.5. The Hall–Kier alpha value is -1.56. The maximum atomic E-state index is 5.83. The van der Waals surface area contributed by atoms with Gasteiger partial charge < -0.3 is 20.5 Å². The molecular weight excluding hydrogens is 208 g/mol. The van der Waals surface area contributed by atoms with Crippen LogP contribution < -0.4 is 15.8 Å². The summed E-state index contributed by atoms with van der Waals surface area (Å²) in [5, 5.41) is 3.07. The average Bonchev–Trinajstić information content (AvgIpc) is 2.29. The molecule has 0 aromatic carbocycles. The highest BCUT2D eigenvalue weighted by Gasteiger charge is 2.07. The second-order valence-corrected chi connectivity index (χ2v) is 3.00. The maximum Gasteiger partial charge on any atom is 0.242 e. The topological polar surface area (TPSA) is 82.3 Å². The van der Waals surface area contributed by atoms with Crippen molar-refractivity contribution in [3.8, 4) is 5.88 Å². The van der Waals surface area contributed by atoms with Crippen molar-refractivity contribution in [3.05, 3.63) is 6.33 Å². The van der Waals surface area contributed by atoms with Crippen molar-refractivity contribution in [1.82, 2.24) is 9.97 Å². The number of nitrogens with one attached hydrogen (secondary N) is 1. The highest BCUT2D eigenvalue weighted by atomic mass is 16.5. The molecule has 0 aliphatic heterocycles. The predicted octanol–water partition coefficient (Wildman–Crippen LogP) is 0.906. The van der Waals surface area contributed by atoms with E-state index in [9.17, 15) is 0 Å². The number of ether oxygens (including phenoxy) is 2. The van der Waals surface area contributed by atoms with Gasteiger partial charge in [-0.2, -0.15) is 4.98 Å². The summed E-state index contributed by atoms with van der Waals surface area (Å²) in [6, 6.07) is 0. The molecule has 16 heavy (non-hydrogen) atoms. The molecule has 0 aliphatic carbocycles. The van der Waals surface area contributed by atoms with E-state index < -0.39 is 0 Å². The molecule has 6 heteroatoms. The summed E-state index contributed by atoms with van der Waals surface area (Å²) in [5.74, 6) is 0.995. The number of nitrogens with zero attached hydrogens (tertiary/aromatic N) is 2. The van der Waals surface area contributed by atoms with Crippen LogP contribution in [0.4, 0.5) is 11.5 Å². The third-order valence-corrected chi connectivity index (χ3v) is 1.87. The maximum absolute atomic E-state index is 5.83. The summed E-state index contributed by atoms with van der Waals surface area (Å²) in [4.78, 5) is 7.98. The van der Waals surface area contributed by atoms with E-state index in [1.165, 1.54) is 6.33 Å². The Kier molecular flexibility index (Phi) is 5.35. The highest BCUT2D eigenvalue weighted by Crippen LogP contribution is 2.23. The molecule has 1 aromatic heterocycles. The third-order valence-electron chi connectivity index (χ3n) is 1.87. The fourth-order valence-corrected chi connectivity index (χ4v) is 1.16. The minimum absolute atomic E-state index is 0.413. The Morgan fingerprint density at radius 3 is 2.81 bits per heavy atom. The minimum atomic E-state index is 0.413. The van der Waals surface area contributed by atoms with Crippen molar-refractivity contribution < 1.29 is 9.47 Å². The number of rotatable bonds is 7. The number of hydrogen-bond donors (Lipinski definition) is 2. The average molecular weight is 226 g/mol. The van der Waals surface area contributed by atoms with Crippen LogP contribution in [0, 0.1) is 0 Å². The lowest BCUT2D eigenvalue weighted by atomic mass is 10.4. The van der Waals surface area contributed by atoms with Crippen molar-refractivity contribution in [2.45, 2.75) is 13.8 Å². The van der Waals surface area contributed by atoms with Gasteiger partial charge in [0.1, 0.15) is 12.0 Å². The molecule has 0 aliphatic rings. The molecule has 0 spiro atoms. The molecule has 0 fully saturated rings. The zero-order valence-corrected chi connectivity index (χ0v) is 9.69. The first-order valence-electron chi connectivity index (χ1n) is 5.34. The predicted molar refractivity (Wildman–Crippen MR) is 62.6 cm³/mol. The molecule has 0 saturated heterocycles. The largest absolute Gasteiger partial charge is 0.476 e. The van der Waals surface area contributed by atoms with E-state index in [1.54, 1.807) is 0 Å². The standard InChI is InChI=1S/C10H18N4O2/c1-3-15-6-5-12-9-8(11)10(16-4-2)14-7-13-9/h7H,3-6,11H2,1-2H3,(H,12,13,14). The summed E-state index contributed by atoms with van der Waals surface area (Å²) < 4.78 is 10.5. The van der Waals surface area contributed by atoms with Crippen molar-refractivity contribution >= 4 is 11.5 Å². The van der Waals surface area contributed by atoms with E-state index in [0.717, 1.165) is 0 Å². The van der Waals surface area contributed by atoms with Gasteiger partial charge in [0.25, 0.3) is 0 Å². The quantitative estimate of drug-likeness (QED) is 0.672. The van der Waals surface area contributed by atoms with Gasteiger partial charge in [-0.15, -0.1) is 0 Å². The summed E-state index contributed by atoms with van der Waals surface area (Å²) in [6.45, 7) is 6.32. The highest BCUT2D eigenvalue weighted by molar-refractivity contribution is 5.66. The molecule has 0 amide bonds. The van der Waals surface area contributed by atoms with Gasteiger partial charge >= 0.3 is 0 Å². The van der Waals surface area contributed by atoms with Crippen LogP contribution in [-0.4, -0.2) is 36.3 Å². The normalized spacial score (nSPS) is 10.1. The molecule has 6 nitrogen and oxygen atoms in total. The molecule has 1 heterocycles. The molecular formula is C10H18N4O2. The fraction of sp³-hybridized carbons (Fsp3) is 0.600. The number of nitrogens with two attached hydrogens (primary N) is 1. The van der Waals surface area contributed by atoms with Crippen molar-refractivity contribution in [3.63, 3.8) is 0 Å². The Labute approximate surface area is 95.2 Å². The van der Waals surface area contributed by atoms with Crippen molar-refractivity contribution in [1.29, 1.82) is 0 Å². The van der Waals surface area contributed by atoms with E-state index in [0.29, 0.717) is 43.8 Å². The molecule has 3 N–H and O–H groups in total. The van der Waals surface area contributed by atoms with E-state index in [1.807, 2.05) is 13.8 Å². The van der Waals surface area contributed by atoms with Crippen molar-refractivity contribution in [2.75, 3.05) is 37.4 Å². The molecule has 0 saturated carbocycles. The van der Waals surface area contributed by atoms with E-state index >= 15 is 0 Å². The van der Waals surface area contributed by atoms with Gasteiger partial charge in [-0.25, -0.2) is 4.98 Å². The summed E-state index contributed by atoms with van der Waals surface area (Å²) in [6.07, 6.45) is 1.42. The second-order valence-electron chi connectivity index (χ2n) is 3.00. The van der Waals surface area contributed by atoms with Crippen LogP contribution >= 0.6 is 0 Å². The zero-order valence-electron chi connectivity index (χ0n) is 9.69. The van der Waals surface area contributed by atoms with Crippen LogP contribution in [-0.2, 0) is 4.74 Å². The van der Waals surface area contributed by atoms with E-state index in [2.05, 4.69) is 15.3 Å². The lowest BCUT2D eigenvalue weighted by Gasteiger charge is -2.10. The number of anilines is 2. The molecule has 90 valence electrons. The van der Waals surface area contributed by atoms with Crippen LogP contribution in [0.25, 0.3) is 0 Å². The van der Waals surface area contributed by atoms with Crippen LogP contribution in [0.15, 0.2) is 6.33 Å². The van der Waals surface area contributed by atoms with E-state index in [4.69, 9.17) is 15.2 Å². The number of hydrogen-bond acceptors (Lipinski definition) is 6. The second kappa shape index (κ2) is 6.84. The van der Waals surface area contributed by atoms with Crippen LogP contribution in [0.2, 0.25) is 0 Å². The molecule has 0 radical (unpaired) electrons. The van der Waals surface area contributed by atoms with Gasteiger partial charge in [0, 0.05) is 13.2 Å². The Morgan fingerprint density at radius 1 is 1.31 bits per heavy atom. The van der Waals surface area contributed by atoms with Crippen LogP contribution in [0.3, 0.4) is 0 Å². The molecule has 0 bridgehead atoms.